The molecular weight excluding hydrogens is 370 g/mol. The van der Waals surface area contributed by atoms with E-state index in [1.54, 1.807) is 18.2 Å². The molecule has 144 valence electrons. The molecule has 5 heteroatoms. The van der Waals surface area contributed by atoms with E-state index >= 15 is 0 Å². The zero-order valence-corrected chi connectivity index (χ0v) is 16.7. The van der Waals surface area contributed by atoms with Gasteiger partial charge in [-0.05, 0) is 60.9 Å². The minimum Gasteiger partial charge on any atom is -0.398 e. The van der Waals surface area contributed by atoms with E-state index in [-0.39, 0.29) is 5.91 Å². The van der Waals surface area contributed by atoms with Crippen LogP contribution in [0.4, 0.5) is 11.4 Å². The SMILES string of the molecule is CCCCCc1cc(N)c2cc(NC(=O)/C=C/c3ccc(Cl)cc3)ccc2n1. The van der Waals surface area contributed by atoms with Gasteiger partial charge in [0.2, 0.25) is 5.91 Å². The maximum absolute atomic E-state index is 12.2. The fourth-order valence-electron chi connectivity index (χ4n) is 3.00. The van der Waals surface area contributed by atoms with Gasteiger partial charge >= 0.3 is 0 Å². The van der Waals surface area contributed by atoms with E-state index < -0.39 is 0 Å². The number of anilines is 2. The molecule has 1 aromatic heterocycles. The van der Waals surface area contributed by atoms with Crippen LogP contribution in [0.1, 0.15) is 37.4 Å². The molecule has 0 atom stereocenters. The summed E-state index contributed by atoms with van der Waals surface area (Å²) in [6.45, 7) is 2.18. The van der Waals surface area contributed by atoms with Gasteiger partial charge in [0.25, 0.3) is 0 Å². The topological polar surface area (TPSA) is 68.0 Å². The van der Waals surface area contributed by atoms with Crippen molar-refractivity contribution in [2.75, 3.05) is 11.1 Å². The standard InChI is InChI=1S/C23H24ClN3O/c1-2-3-4-5-18-15-21(25)20-14-19(11-12-22(20)26-18)27-23(28)13-8-16-6-9-17(24)10-7-16/h6-15H,2-5H2,1H3,(H2,25,26)(H,27,28)/b13-8+. The number of hydrogen-bond donors (Lipinski definition) is 2. The zero-order valence-electron chi connectivity index (χ0n) is 15.9. The average Bonchev–Trinajstić information content (AvgIpc) is 2.68. The van der Waals surface area contributed by atoms with Crippen LogP contribution in [-0.2, 0) is 11.2 Å². The van der Waals surface area contributed by atoms with Gasteiger partial charge in [-0.15, -0.1) is 0 Å². The Morgan fingerprint density at radius 1 is 1.14 bits per heavy atom. The zero-order chi connectivity index (χ0) is 19.9. The molecule has 0 saturated heterocycles. The molecule has 1 amide bonds. The number of fused-ring (bicyclic) bond motifs is 1. The summed E-state index contributed by atoms with van der Waals surface area (Å²) in [6.07, 6.45) is 7.65. The molecule has 0 aliphatic rings. The Bertz CT molecular complexity index is 997. The van der Waals surface area contributed by atoms with Crippen molar-refractivity contribution in [2.24, 2.45) is 0 Å². The molecule has 4 nitrogen and oxygen atoms in total. The molecule has 0 aliphatic heterocycles. The number of rotatable bonds is 7. The highest BCUT2D eigenvalue weighted by Crippen LogP contribution is 2.25. The van der Waals surface area contributed by atoms with E-state index in [2.05, 4.69) is 12.2 Å². The summed E-state index contributed by atoms with van der Waals surface area (Å²) >= 11 is 5.86. The lowest BCUT2D eigenvalue weighted by atomic mass is 10.1. The van der Waals surface area contributed by atoms with Crippen molar-refractivity contribution < 1.29 is 4.79 Å². The van der Waals surface area contributed by atoms with E-state index in [1.165, 1.54) is 18.9 Å². The summed E-state index contributed by atoms with van der Waals surface area (Å²) in [7, 11) is 0. The van der Waals surface area contributed by atoms with Crippen LogP contribution in [0.25, 0.3) is 17.0 Å². The van der Waals surface area contributed by atoms with Crippen molar-refractivity contribution >= 4 is 45.9 Å². The van der Waals surface area contributed by atoms with Crippen LogP contribution >= 0.6 is 11.6 Å². The number of nitrogens with zero attached hydrogens (tertiary/aromatic N) is 1. The molecule has 0 fully saturated rings. The van der Waals surface area contributed by atoms with Gasteiger partial charge in [0, 0.05) is 33.6 Å². The van der Waals surface area contributed by atoms with Crippen molar-refractivity contribution in [3.8, 4) is 0 Å². The highest BCUT2D eigenvalue weighted by Gasteiger charge is 2.06. The molecule has 3 rings (SSSR count). The highest BCUT2D eigenvalue weighted by atomic mass is 35.5. The average molecular weight is 394 g/mol. The molecule has 0 aliphatic carbocycles. The van der Waals surface area contributed by atoms with E-state index in [9.17, 15) is 4.79 Å². The lowest BCUT2D eigenvalue weighted by Gasteiger charge is -2.09. The first-order chi connectivity index (χ1) is 13.5. The number of nitrogen functional groups attached to an aromatic ring is 1. The third kappa shape index (κ3) is 5.33. The summed E-state index contributed by atoms with van der Waals surface area (Å²) in [6, 6.07) is 14.8. The van der Waals surface area contributed by atoms with Gasteiger partial charge < -0.3 is 11.1 Å². The van der Waals surface area contributed by atoms with Gasteiger partial charge in [-0.3, -0.25) is 9.78 Å². The Hall–Kier alpha value is -2.85. The van der Waals surface area contributed by atoms with Crippen molar-refractivity contribution in [3.63, 3.8) is 0 Å². The number of carbonyl (C=O) groups excluding carboxylic acids is 1. The number of pyridine rings is 1. The van der Waals surface area contributed by atoms with Crippen molar-refractivity contribution in [3.05, 3.63) is 70.9 Å². The fraction of sp³-hybridized carbons (Fsp3) is 0.217. The summed E-state index contributed by atoms with van der Waals surface area (Å²) in [4.78, 5) is 16.9. The normalized spacial score (nSPS) is 11.2. The monoisotopic (exact) mass is 393 g/mol. The Kier molecular flexibility index (Phi) is 6.66. The van der Waals surface area contributed by atoms with Crippen LogP contribution in [0.2, 0.25) is 5.02 Å². The maximum Gasteiger partial charge on any atom is 0.248 e. The van der Waals surface area contributed by atoms with Crippen molar-refractivity contribution in [2.45, 2.75) is 32.6 Å². The molecule has 0 spiro atoms. The number of halogens is 1. The van der Waals surface area contributed by atoms with Gasteiger partial charge in [-0.25, -0.2) is 0 Å². The molecule has 1 heterocycles. The van der Waals surface area contributed by atoms with Crippen LogP contribution < -0.4 is 11.1 Å². The smallest absolute Gasteiger partial charge is 0.248 e. The molecule has 0 radical (unpaired) electrons. The van der Waals surface area contributed by atoms with Crippen LogP contribution in [0.15, 0.2) is 54.6 Å². The van der Waals surface area contributed by atoms with E-state index in [1.807, 2.05) is 36.4 Å². The lowest BCUT2D eigenvalue weighted by molar-refractivity contribution is -0.111. The first kappa shape index (κ1) is 19.9. The van der Waals surface area contributed by atoms with Gasteiger partial charge in [-0.1, -0.05) is 43.5 Å². The second-order valence-corrected chi connectivity index (χ2v) is 7.20. The predicted octanol–water partition coefficient (Wildman–Crippen LogP) is 5.86. The Morgan fingerprint density at radius 3 is 2.68 bits per heavy atom. The third-order valence-electron chi connectivity index (χ3n) is 4.49. The van der Waals surface area contributed by atoms with Crippen molar-refractivity contribution in [1.29, 1.82) is 0 Å². The quantitative estimate of drug-likeness (QED) is 0.390. The molecule has 2 aromatic carbocycles. The number of hydrogen-bond acceptors (Lipinski definition) is 3. The fourth-order valence-corrected chi connectivity index (χ4v) is 3.13. The maximum atomic E-state index is 12.2. The largest absolute Gasteiger partial charge is 0.398 e. The van der Waals surface area contributed by atoms with Crippen LogP contribution in [-0.4, -0.2) is 10.9 Å². The van der Waals surface area contributed by atoms with Gasteiger partial charge in [0.1, 0.15) is 0 Å². The first-order valence-corrected chi connectivity index (χ1v) is 9.87. The van der Waals surface area contributed by atoms with E-state index in [0.717, 1.165) is 35.0 Å². The van der Waals surface area contributed by atoms with Gasteiger partial charge in [0.05, 0.1) is 5.52 Å². The summed E-state index contributed by atoms with van der Waals surface area (Å²) < 4.78 is 0. The molecule has 28 heavy (non-hydrogen) atoms. The van der Waals surface area contributed by atoms with Crippen LogP contribution in [0, 0.1) is 0 Å². The van der Waals surface area contributed by atoms with E-state index in [4.69, 9.17) is 22.3 Å². The number of aromatic nitrogens is 1. The lowest BCUT2D eigenvalue weighted by Crippen LogP contribution is -2.08. The first-order valence-electron chi connectivity index (χ1n) is 9.49. The minimum atomic E-state index is -0.211. The second kappa shape index (κ2) is 9.38. The summed E-state index contributed by atoms with van der Waals surface area (Å²) in [5, 5.41) is 4.37. The minimum absolute atomic E-state index is 0.211. The van der Waals surface area contributed by atoms with Gasteiger partial charge in [-0.2, -0.15) is 0 Å². The Balaban J connectivity index is 1.71. The molecule has 3 aromatic rings. The third-order valence-corrected chi connectivity index (χ3v) is 4.75. The summed E-state index contributed by atoms with van der Waals surface area (Å²) in [5.74, 6) is -0.211. The Morgan fingerprint density at radius 2 is 1.93 bits per heavy atom. The van der Waals surface area contributed by atoms with Crippen molar-refractivity contribution in [1.82, 2.24) is 4.98 Å². The molecule has 3 N–H and O–H groups in total. The number of unbranched alkanes of at least 4 members (excludes halogenated alkanes) is 2. The van der Waals surface area contributed by atoms with Crippen LogP contribution in [0.5, 0.6) is 0 Å². The van der Waals surface area contributed by atoms with Crippen LogP contribution in [0.3, 0.4) is 0 Å². The predicted molar refractivity (Wildman–Crippen MR) is 119 cm³/mol. The number of nitrogens with two attached hydrogens (primary N) is 1. The number of benzene rings is 2. The number of nitrogens with one attached hydrogen (secondary N) is 1. The Labute approximate surface area is 170 Å². The molecule has 0 bridgehead atoms. The number of aryl methyl sites for hydroxylation is 1. The molecule has 0 unspecified atom stereocenters. The molecule has 0 saturated carbocycles. The van der Waals surface area contributed by atoms with Gasteiger partial charge in [0.15, 0.2) is 0 Å². The second-order valence-electron chi connectivity index (χ2n) is 6.77. The highest BCUT2D eigenvalue weighted by molar-refractivity contribution is 6.30. The van der Waals surface area contributed by atoms with E-state index in [0.29, 0.717) is 16.4 Å². The number of amides is 1. The summed E-state index contributed by atoms with van der Waals surface area (Å²) in [5.41, 5.74) is 10.4. The molecular formula is C23H24ClN3O. The number of carbonyl (C=O) groups is 1.